The van der Waals surface area contributed by atoms with Crippen LogP contribution in [0.5, 0.6) is 0 Å². The fourth-order valence-corrected chi connectivity index (χ4v) is 4.07. The molecule has 2 aromatic rings. The highest BCUT2D eigenvalue weighted by atomic mass is 16.7. The lowest BCUT2D eigenvalue weighted by Crippen LogP contribution is -2.41. The maximum atomic E-state index is 13.3. The van der Waals surface area contributed by atoms with Crippen molar-refractivity contribution in [3.63, 3.8) is 0 Å². The van der Waals surface area contributed by atoms with Crippen LogP contribution < -0.4 is 9.96 Å². The summed E-state index contributed by atoms with van der Waals surface area (Å²) < 4.78 is 0. The third kappa shape index (κ3) is 3.02. The number of carbonyl (C=O) groups is 2. The quantitative estimate of drug-likeness (QED) is 0.776. The van der Waals surface area contributed by atoms with Gasteiger partial charge in [0.1, 0.15) is 0 Å². The van der Waals surface area contributed by atoms with E-state index in [1.54, 1.807) is 11.1 Å². The number of rotatable bonds is 4. The molecule has 2 saturated heterocycles. The van der Waals surface area contributed by atoms with Gasteiger partial charge in [-0.3, -0.25) is 14.4 Å². The minimum Gasteiger partial charge on any atom is -0.273 e. The maximum Gasteiger partial charge on any atom is 0.266 e. The van der Waals surface area contributed by atoms with Crippen molar-refractivity contribution in [2.75, 3.05) is 9.96 Å². The summed E-state index contributed by atoms with van der Waals surface area (Å²) >= 11 is 0. The van der Waals surface area contributed by atoms with E-state index < -0.39 is 12.0 Å². The van der Waals surface area contributed by atoms with Crippen molar-refractivity contribution in [2.24, 2.45) is 11.8 Å². The first-order chi connectivity index (χ1) is 13.0. The number of fused-ring (bicyclic) bond motifs is 1. The maximum absolute atomic E-state index is 13.3. The fraction of sp³-hybridized carbons (Fsp3) is 0.364. The Morgan fingerprint density at radius 1 is 0.963 bits per heavy atom. The molecule has 0 unspecified atom stereocenters. The predicted molar refractivity (Wildman–Crippen MR) is 104 cm³/mol. The van der Waals surface area contributed by atoms with Crippen LogP contribution in [0.15, 0.2) is 54.6 Å². The summed E-state index contributed by atoms with van der Waals surface area (Å²) in [5.74, 6) is -0.553. The number of imide groups is 1. The second-order valence-electron chi connectivity index (χ2n) is 7.76. The third-order valence-corrected chi connectivity index (χ3v) is 5.22. The number of para-hydroxylation sites is 1. The lowest BCUT2D eigenvalue weighted by atomic mass is 9.90. The van der Waals surface area contributed by atoms with Gasteiger partial charge in [-0.05, 0) is 49.1 Å². The minimum atomic E-state index is -0.762. The van der Waals surface area contributed by atoms with Crippen LogP contribution in [-0.2, 0) is 14.4 Å². The topological polar surface area (TPSA) is 49.9 Å². The first-order valence-electron chi connectivity index (χ1n) is 9.43. The van der Waals surface area contributed by atoms with Gasteiger partial charge in [-0.2, -0.15) is 0 Å². The van der Waals surface area contributed by atoms with Gasteiger partial charge >= 0.3 is 0 Å². The molecule has 4 rings (SSSR count). The van der Waals surface area contributed by atoms with Gasteiger partial charge in [0, 0.05) is 0 Å². The van der Waals surface area contributed by atoms with E-state index in [9.17, 15) is 9.59 Å². The monoisotopic (exact) mass is 364 g/mol. The van der Waals surface area contributed by atoms with E-state index in [0.717, 1.165) is 17.7 Å². The summed E-state index contributed by atoms with van der Waals surface area (Å²) in [5.41, 5.74) is 2.51. The van der Waals surface area contributed by atoms with E-state index in [2.05, 4.69) is 13.8 Å². The number of aryl methyl sites for hydroxylation is 1. The summed E-state index contributed by atoms with van der Waals surface area (Å²) in [5, 5.41) is 1.78. The van der Waals surface area contributed by atoms with Crippen LogP contribution in [0.4, 0.5) is 11.4 Å². The molecule has 0 N–H and O–H groups in total. The van der Waals surface area contributed by atoms with Crippen molar-refractivity contribution in [1.82, 2.24) is 0 Å². The molecular formula is C22H24N2O3. The van der Waals surface area contributed by atoms with Crippen LogP contribution >= 0.6 is 0 Å². The minimum absolute atomic E-state index is 0.163. The molecule has 0 spiro atoms. The van der Waals surface area contributed by atoms with E-state index in [1.165, 1.54) is 4.90 Å². The Morgan fingerprint density at radius 2 is 1.67 bits per heavy atom. The van der Waals surface area contributed by atoms with Crippen molar-refractivity contribution in [1.29, 1.82) is 0 Å². The Kier molecular flexibility index (Phi) is 4.48. The Morgan fingerprint density at radius 3 is 2.33 bits per heavy atom. The summed E-state index contributed by atoms with van der Waals surface area (Å²) in [6.07, 6.45) is 0.0125. The fourth-order valence-electron chi connectivity index (χ4n) is 4.07. The Bertz CT molecular complexity index is 865. The van der Waals surface area contributed by atoms with E-state index in [-0.39, 0.29) is 17.9 Å². The molecule has 0 saturated carbocycles. The van der Waals surface area contributed by atoms with Crippen LogP contribution in [0, 0.1) is 18.8 Å². The van der Waals surface area contributed by atoms with Crippen LogP contribution in [0.25, 0.3) is 0 Å². The molecule has 0 aliphatic carbocycles. The second-order valence-corrected chi connectivity index (χ2v) is 7.76. The number of hydrogen-bond acceptors (Lipinski definition) is 4. The third-order valence-electron chi connectivity index (χ3n) is 5.22. The Balaban J connectivity index is 1.70. The molecular weight excluding hydrogens is 340 g/mol. The summed E-state index contributed by atoms with van der Waals surface area (Å²) in [4.78, 5) is 33.7. The molecule has 2 fully saturated rings. The largest absolute Gasteiger partial charge is 0.273 e. The van der Waals surface area contributed by atoms with Crippen LogP contribution in [0.2, 0.25) is 0 Å². The van der Waals surface area contributed by atoms with Crippen molar-refractivity contribution in [3.8, 4) is 0 Å². The molecule has 2 amide bonds. The normalized spacial score (nSPS) is 24.8. The van der Waals surface area contributed by atoms with Gasteiger partial charge in [0.15, 0.2) is 6.10 Å². The lowest BCUT2D eigenvalue weighted by molar-refractivity contribution is -0.126. The van der Waals surface area contributed by atoms with Gasteiger partial charge in [-0.15, -0.1) is 0 Å². The van der Waals surface area contributed by atoms with Crippen LogP contribution in [-0.4, -0.2) is 24.0 Å². The van der Waals surface area contributed by atoms with Gasteiger partial charge in [-0.1, -0.05) is 44.2 Å². The van der Waals surface area contributed by atoms with E-state index in [1.807, 2.05) is 55.5 Å². The van der Waals surface area contributed by atoms with E-state index in [0.29, 0.717) is 11.6 Å². The number of hydroxylamine groups is 1. The molecule has 3 atom stereocenters. The van der Waals surface area contributed by atoms with E-state index >= 15 is 0 Å². The Labute approximate surface area is 159 Å². The number of amides is 2. The highest BCUT2D eigenvalue weighted by Crippen LogP contribution is 2.42. The van der Waals surface area contributed by atoms with Crippen LogP contribution in [0.1, 0.15) is 25.8 Å². The van der Waals surface area contributed by atoms with Crippen LogP contribution in [0.3, 0.4) is 0 Å². The van der Waals surface area contributed by atoms with Gasteiger partial charge in [-0.25, -0.2) is 9.96 Å². The van der Waals surface area contributed by atoms with Crippen molar-refractivity contribution in [3.05, 3.63) is 60.2 Å². The van der Waals surface area contributed by atoms with Crippen molar-refractivity contribution < 1.29 is 14.4 Å². The molecule has 0 bridgehead atoms. The Hall–Kier alpha value is -2.66. The summed E-state index contributed by atoms with van der Waals surface area (Å²) in [6.45, 7) is 6.19. The zero-order valence-corrected chi connectivity index (χ0v) is 15.8. The van der Waals surface area contributed by atoms with Gasteiger partial charge < -0.3 is 0 Å². The number of nitrogens with zero attached hydrogens (tertiary/aromatic N) is 2. The standard InChI is InChI=1S/C22H24N2O3/c1-14(2)12-18-19-20(27-24(18)16-9-5-4-6-10-16)22(26)23(21(19)25)17-11-7-8-15(3)13-17/h4-11,13-14,18-20H,12H2,1-3H3/t18-,19-,20-/m1/s1. The number of hydrogen-bond donors (Lipinski definition) is 0. The van der Waals surface area contributed by atoms with Gasteiger partial charge in [0.2, 0.25) is 5.91 Å². The highest BCUT2D eigenvalue weighted by molar-refractivity contribution is 6.23. The predicted octanol–water partition coefficient (Wildman–Crippen LogP) is 3.72. The van der Waals surface area contributed by atoms with Crippen molar-refractivity contribution >= 4 is 23.2 Å². The zero-order valence-electron chi connectivity index (χ0n) is 15.8. The molecule has 140 valence electrons. The lowest BCUT2D eigenvalue weighted by Gasteiger charge is -2.29. The molecule has 2 aromatic carbocycles. The molecule has 5 heteroatoms. The first-order valence-corrected chi connectivity index (χ1v) is 9.43. The number of benzene rings is 2. The highest BCUT2D eigenvalue weighted by Gasteiger charge is 2.59. The molecule has 2 heterocycles. The van der Waals surface area contributed by atoms with E-state index in [4.69, 9.17) is 4.84 Å². The number of carbonyl (C=O) groups excluding carboxylic acids is 2. The van der Waals surface area contributed by atoms with Crippen molar-refractivity contribution in [2.45, 2.75) is 39.3 Å². The second kappa shape index (κ2) is 6.82. The molecule has 2 aliphatic heterocycles. The van der Waals surface area contributed by atoms with Gasteiger partial charge in [0.25, 0.3) is 5.91 Å². The zero-order chi connectivity index (χ0) is 19.1. The number of anilines is 2. The average Bonchev–Trinajstić information content (AvgIpc) is 3.12. The molecule has 2 aliphatic rings. The first kappa shape index (κ1) is 17.7. The average molecular weight is 364 g/mol. The molecule has 0 aromatic heterocycles. The molecule has 5 nitrogen and oxygen atoms in total. The SMILES string of the molecule is Cc1cccc(N2C(=O)[C@@H]3[C@@H](CC(C)C)N(c4ccccc4)O[C@H]3C2=O)c1. The molecule has 27 heavy (non-hydrogen) atoms. The van der Waals surface area contributed by atoms with Gasteiger partial charge in [0.05, 0.1) is 23.3 Å². The summed E-state index contributed by atoms with van der Waals surface area (Å²) in [6, 6.07) is 17.0. The smallest absolute Gasteiger partial charge is 0.266 e. The molecule has 0 radical (unpaired) electrons. The summed E-state index contributed by atoms with van der Waals surface area (Å²) in [7, 11) is 0.